The fraction of sp³-hybridized carbons (Fsp3) is 0.588. The van der Waals surface area contributed by atoms with Crippen molar-refractivity contribution in [2.75, 3.05) is 7.11 Å². The van der Waals surface area contributed by atoms with Crippen molar-refractivity contribution in [3.05, 3.63) is 29.3 Å². The molecule has 1 saturated heterocycles. The number of carbonyl (C=O) groups is 1. The molecule has 0 unspecified atom stereocenters. The van der Waals surface area contributed by atoms with Crippen molar-refractivity contribution in [2.45, 2.75) is 58.7 Å². The summed E-state index contributed by atoms with van der Waals surface area (Å²) in [5.41, 5.74) is 2.59. The van der Waals surface area contributed by atoms with Crippen LogP contribution in [0.1, 0.15) is 45.2 Å². The number of hydrogen-bond donors (Lipinski definition) is 0. The molecule has 0 bridgehead atoms. The number of esters is 1. The average molecular weight is 304 g/mol. The van der Waals surface area contributed by atoms with E-state index in [1.54, 1.807) is 0 Å². The van der Waals surface area contributed by atoms with Gasteiger partial charge in [0.2, 0.25) is 0 Å². The van der Waals surface area contributed by atoms with Crippen molar-refractivity contribution < 1.29 is 18.8 Å². The summed E-state index contributed by atoms with van der Waals surface area (Å²) in [5, 5.41) is 0. The molecule has 1 aromatic rings. The first kappa shape index (κ1) is 17.0. The Bertz CT molecular complexity index is 550. The summed E-state index contributed by atoms with van der Waals surface area (Å²) in [6, 6.07) is 6.14. The van der Waals surface area contributed by atoms with Gasteiger partial charge in [-0.3, -0.25) is 4.79 Å². The molecule has 0 aliphatic carbocycles. The van der Waals surface area contributed by atoms with Crippen molar-refractivity contribution in [3.63, 3.8) is 0 Å². The summed E-state index contributed by atoms with van der Waals surface area (Å²) < 4.78 is 16.9. The van der Waals surface area contributed by atoms with Gasteiger partial charge < -0.3 is 14.0 Å². The number of carbonyl (C=O) groups excluding carboxylic acids is 1. The topological polar surface area (TPSA) is 44.8 Å². The highest BCUT2D eigenvalue weighted by atomic mass is 16.7. The van der Waals surface area contributed by atoms with E-state index in [9.17, 15) is 4.79 Å². The van der Waals surface area contributed by atoms with Crippen LogP contribution in [0.4, 0.5) is 0 Å². The molecule has 0 amide bonds. The van der Waals surface area contributed by atoms with Gasteiger partial charge in [0, 0.05) is 6.42 Å². The van der Waals surface area contributed by atoms with Crippen molar-refractivity contribution in [2.24, 2.45) is 0 Å². The van der Waals surface area contributed by atoms with Gasteiger partial charge in [-0.05, 0) is 52.1 Å². The van der Waals surface area contributed by atoms with Gasteiger partial charge in [-0.1, -0.05) is 23.8 Å². The number of aryl methyl sites for hydroxylation is 2. The van der Waals surface area contributed by atoms with E-state index in [-0.39, 0.29) is 24.3 Å². The lowest BCUT2D eigenvalue weighted by molar-refractivity contribution is -0.140. The van der Waals surface area contributed by atoms with Gasteiger partial charge in [0.1, 0.15) is 0 Å². The first-order chi connectivity index (χ1) is 10.2. The standard InChI is InChI=1S/C17H25BO4/c1-12-11-13(8-10-15(19)20-6)7-9-14(12)18-21-16(2,3)17(4,5)22-18/h7,9,11H,8,10H2,1-6H3. The maximum absolute atomic E-state index is 11.2. The second-order valence-corrected chi connectivity index (χ2v) is 6.86. The third kappa shape index (κ3) is 3.36. The molecule has 4 nitrogen and oxygen atoms in total. The number of benzene rings is 1. The normalized spacial score (nSPS) is 19.3. The van der Waals surface area contributed by atoms with E-state index in [1.807, 2.05) is 46.8 Å². The predicted molar refractivity (Wildman–Crippen MR) is 87.2 cm³/mol. The van der Waals surface area contributed by atoms with Crippen LogP contribution in [0.5, 0.6) is 0 Å². The minimum atomic E-state index is -0.348. The second kappa shape index (κ2) is 6.05. The molecule has 2 rings (SSSR count). The first-order valence-corrected chi connectivity index (χ1v) is 7.68. The molecule has 120 valence electrons. The fourth-order valence-electron chi connectivity index (χ4n) is 2.48. The summed E-state index contributed by atoms with van der Waals surface area (Å²) in [6.45, 7) is 10.2. The Kier molecular flexibility index (Phi) is 4.69. The number of rotatable bonds is 4. The lowest BCUT2D eigenvalue weighted by Crippen LogP contribution is -2.41. The maximum Gasteiger partial charge on any atom is 0.495 e. The molecule has 5 heteroatoms. The van der Waals surface area contributed by atoms with Crippen LogP contribution in [-0.2, 0) is 25.3 Å². The lowest BCUT2D eigenvalue weighted by atomic mass is 9.75. The molecule has 0 N–H and O–H groups in total. The number of methoxy groups -OCH3 is 1. The summed E-state index contributed by atoms with van der Waals surface area (Å²) in [4.78, 5) is 11.2. The molecule has 1 aromatic carbocycles. The SMILES string of the molecule is COC(=O)CCc1ccc(B2OC(C)(C)C(C)(C)O2)c(C)c1. The zero-order valence-corrected chi connectivity index (χ0v) is 14.4. The Morgan fingerprint density at radius 3 is 2.27 bits per heavy atom. The highest BCUT2D eigenvalue weighted by Gasteiger charge is 2.51. The second-order valence-electron chi connectivity index (χ2n) is 6.86. The highest BCUT2D eigenvalue weighted by molar-refractivity contribution is 6.62. The Balaban J connectivity index is 2.13. The van der Waals surface area contributed by atoms with E-state index < -0.39 is 0 Å². The molecule has 1 fully saturated rings. The van der Waals surface area contributed by atoms with Crippen LogP contribution in [0.2, 0.25) is 0 Å². The fourth-order valence-corrected chi connectivity index (χ4v) is 2.48. The largest absolute Gasteiger partial charge is 0.495 e. The molecule has 0 aromatic heterocycles. The quantitative estimate of drug-likeness (QED) is 0.633. The predicted octanol–water partition coefficient (Wildman–Crippen LogP) is 2.40. The van der Waals surface area contributed by atoms with E-state index in [0.717, 1.165) is 16.6 Å². The lowest BCUT2D eigenvalue weighted by Gasteiger charge is -2.32. The summed E-state index contributed by atoms with van der Waals surface area (Å²) in [6.07, 6.45) is 1.07. The third-order valence-corrected chi connectivity index (χ3v) is 4.69. The van der Waals surface area contributed by atoms with Crippen LogP contribution in [0, 0.1) is 6.92 Å². The van der Waals surface area contributed by atoms with Crippen LogP contribution < -0.4 is 5.46 Å². The van der Waals surface area contributed by atoms with E-state index in [4.69, 9.17) is 9.31 Å². The minimum Gasteiger partial charge on any atom is -0.469 e. The molecular weight excluding hydrogens is 279 g/mol. The van der Waals surface area contributed by atoms with Gasteiger partial charge >= 0.3 is 13.1 Å². The van der Waals surface area contributed by atoms with Crippen molar-refractivity contribution in [1.29, 1.82) is 0 Å². The molecule has 0 spiro atoms. The van der Waals surface area contributed by atoms with Crippen molar-refractivity contribution in [3.8, 4) is 0 Å². The van der Waals surface area contributed by atoms with Crippen molar-refractivity contribution in [1.82, 2.24) is 0 Å². The summed E-state index contributed by atoms with van der Waals surface area (Å²) in [5.74, 6) is -0.187. The van der Waals surface area contributed by atoms with Gasteiger partial charge in [-0.25, -0.2) is 0 Å². The molecule has 1 aliphatic rings. The van der Waals surface area contributed by atoms with Gasteiger partial charge in [0.25, 0.3) is 0 Å². The van der Waals surface area contributed by atoms with Crippen LogP contribution in [0.3, 0.4) is 0 Å². The summed E-state index contributed by atoms with van der Waals surface area (Å²) in [7, 11) is 1.06. The Labute approximate surface area is 133 Å². The zero-order valence-electron chi connectivity index (χ0n) is 14.4. The van der Waals surface area contributed by atoms with E-state index >= 15 is 0 Å². The first-order valence-electron chi connectivity index (χ1n) is 7.68. The van der Waals surface area contributed by atoms with Gasteiger partial charge in [-0.2, -0.15) is 0 Å². The molecule has 0 radical (unpaired) electrons. The average Bonchev–Trinajstić information content (AvgIpc) is 2.64. The van der Waals surface area contributed by atoms with Crippen molar-refractivity contribution >= 4 is 18.6 Å². The van der Waals surface area contributed by atoms with E-state index in [1.165, 1.54) is 7.11 Å². The monoisotopic (exact) mass is 304 g/mol. The van der Waals surface area contributed by atoms with E-state index in [2.05, 4.69) is 10.8 Å². The number of hydrogen-bond acceptors (Lipinski definition) is 4. The highest BCUT2D eigenvalue weighted by Crippen LogP contribution is 2.36. The van der Waals surface area contributed by atoms with Gasteiger partial charge in [-0.15, -0.1) is 0 Å². The molecule has 22 heavy (non-hydrogen) atoms. The molecule has 0 saturated carbocycles. The smallest absolute Gasteiger partial charge is 0.469 e. The maximum atomic E-state index is 11.2. The molecular formula is C17H25BO4. The zero-order chi connectivity index (χ0) is 16.5. The number of ether oxygens (including phenoxy) is 1. The van der Waals surface area contributed by atoms with Crippen LogP contribution >= 0.6 is 0 Å². The molecule has 1 heterocycles. The van der Waals surface area contributed by atoms with E-state index in [0.29, 0.717) is 12.8 Å². The van der Waals surface area contributed by atoms with Crippen LogP contribution in [0.15, 0.2) is 18.2 Å². The molecule has 1 aliphatic heterocycles. The Morgan fingerprint density at radius 2 is 1.77 bits per heavy atom. The van der Waals surface area contributed by atoms with Gasteiger partial charge in [0.05, 0.1) is 18.3 Å². The van der Waals surface area contributed by atoms with Crippen LogP contribution in [0.25, 0.3) is 0 Å². The van der Waals surface area contributed by atoms with Gasteiger partial charge in [0.15, 0.2) is 0 Å². The third-order valence-electron chi connectivity index (χ3n) is 4.69. The summed E-state index contributed by atoms with van der Waals surface area (Å²) >= 11 is 0. The minimum absolute atomic E-state index is 0.187. The Morgan fingerprint density at radius 1 is 1.18 bits per heavy atom. The molecule has 0 atom stereocenters. The Hall–Kier alpha value is -1.33. The van der Waals surface area contributed by atoms with Crippen LogP contribution in [-0.4, -0.2) is 31.4 Å².